The molecule has 4 heteroatoms. The van der Waals surface area contributed by atoms with Crippen LogP contribution in [0.5, 0.6) is 0 Å². The third kappa shape index (κ3) is 3.70. The first-order valence-corrected chi connectivity index (χ1v) is 7.05. The molecule has 1 unspecified atom stereocenters. The van der Waals surface area contributed by atoms with Crippen molar-refractivity contribution in [2.45, 2.75) is 32.7 Å². The van der Waals surface area contributed by atoms with Crippen LogP contribution in [0.2, 0.25) is 0 Å². The van der Waals surface area contributed by atoms with E-state index in [1.807, 2.05) is 36.1 Å². The van der Waals surface area contributed by atoms with Crippen LogP contribution in [0, 0.1) is 6.92 Å². The van der Waals surface area contributed by atoms with Crippen molar-refractivity contribution >= 4 is 11.7 Å². The third-order valence-electron chi connectivity index (χ3n) is 3.47. The summed E-state index contributed by atoms with van der Waals surface area (Å²) in [6.45, 7) is 6.85. The van der Waals surface area contributed by atoms with Crippen molar-refractivity contribution in [2.24, 2.45) is 0 Å². The van der Waals surface area contributed by atoms with E-state index in [2.05, 4.69) is 17.6 Å². The van der Waals surface area contributed by atoms with Gasteiger partial charge in [0.2, 0.25) is 0 Å². The molecule has 1 aliphatic heterocycles. The summed E-state index contributed by atoms with van der Waals surface area (Å²) in [4.78, 5) is 14.3. The molecule has 0 bridgehead atoms. The van der Waals surface area contributed by atoms with Gasteiger partial charge in [0.1, 0.15) is 0 Å². The standard InChI is InChI=1S/C15H23N3O/c1-3-9-18(14-7-8-16-11-14)15(19)17-13-6-4-5-12(2)10-13/h4-6,10,14,16H,3,7-9,11H2,1-2H3,(H,17,19). The summed E-state index contributed by atoms with van der Waals surface area (Å²) in [6.07, 6.45) is 2.03. The molecule has 1 aromatic carbocycles. The van der Waals surface area contributed by atoms with E-state index >= 15 is 0 Å². The quantitative estimate of drug-likeness (QED) is 0.875. The number of amides is 2. The number of hydrogen-bond donors (Lipinski definition) is 2. The molecule has 0 spiro atoms. The van der Waals surface area contributed by atoms with Gasteiger partial charge in [-0.05, 0) is 44.0 Å². The van der Waals surface area contributed by atoms with Gasteiger partial charge in [-0.15, -0.1) is 0 Å². The lowest BCUT2D eigenvalue weighted by Crippen LogP contribution is -2.44. The number of nitrogens with zero attached hydrogens (tertiary/aromatic N) is 1. The SMILES string of the molecule is CCCN(C(=O)Nc1cccc(C)c1)C1CCNC1. The number of urea groups is 1. The number of rotatable bonds is 4. The fourth-order valence-electron chi connectivity index (χ4n) is 2.51. The minimum atomic E-state index is 0.0150. The maximum Gasteiger partial charge on any atom is 0.322 e. The van der Waals surface area contributed by atoms with Gasteiger partial charge in [-0.1, -0.05) is 19.1 Å². The smallest absolute Gasteiger partial charge is 0.320 e. The van der Waals surface area contributed by atoms with Crippen molar-refractivity contribution < 1.29 is 4.79 Å². The van der Waals surface area contributed by atoms with Gasteiger partial charge in [0.05, 0.1) is 0 Å². The minimum Gasteiger partial charge on any atom is -0.320 e. The van der Waals surface area contributed by atoms with E-state index in [1.165, 1.54) is 0 Å². The average Bonchev–Trinajstić information content (AvgIpc) is 2.89. The zero-order valence-electron chi connectivity index (χ0n) is 11.8. The summed E-state index contributed by atoms with van der Waals surface area (Å²) in [6, 6.07) is 8.26. The molecule has 4 nitrogen and oxygen atoms in total. The minimum absolute atomic E-state index is 0.0150. The van der Waals surface area contributed by atoms with E-state index in [4.69, 9.17) is 0 Å². The fraction of sp³-hybridized carbons (Fsp3) is 0.533. The van der Waals surface area contributed by atoms with Crippen LogP contribution in [0.4, 0.5) is 10.5 Å². The molecule has 2 N–H and O–H groups in total. The van der Waals surface area contributed by atoms with Gasteiger partial charge >= 0.3 is 6.03 Å². The molecular formula is C15H23N3O. The summed E-state index contributed by atoms with van der Waals surface area (Å²) in [5.74, 6) is 0. The number of anilines is 1. The molecule has 1 aromatic rings. The van der Waals surface area contributed by atoms with Crippen molar-refractivity contribution in [3.8, 4) is 0 Å². The molecule has 1 fully saturated rings. The van der Waals surface area contributed by atoms with Crippen molar-refractivity contribution in [3.05, 3.63) is 29.8 Å². The highest BCUT2D eigenvalue weighted by molar-refractivity contribution is 5.89. The Morgan fingerprint density at radius 1 is 1.53 bits per heavy atom. The molecule has 1 heterocycles. The maximum absolute atomic E-state index is 12.4. The van der Waals surface area contributed by atoms with Crippen LogP contribution in [0.15, 0.2) is 24.3 Å². The average molecular weight is 261 g/mol. The third-order valence-corrected chi connectivity index (χ3v) is 3.47. The van der Waals surface area contributed by atoms with Gasteiger partial charge in [0.25, 0.3) is 0 Å². The summed E-state index contributed by atoms with van der Waals surface area (Å²) in [5.41, 5.74) is 2.03. The zero-order chi connectivity index (χ0) is 13.7. The van der Waals surface area contributed by atoms with Crippen LogP contribution in [-0.2, 0) is 0 Å². The predicted molar refractivity (Wildman–Crippen MR) is 78.5 cm³/mol. The van der Waals surface area contributed by atoms with Crippen LogP contribution in [-0.4, -0.2) is 36.6 Å². The van der Waals surface area contributed by atoms with Crippen LogP contribution < -0.4 is 10.6 Å². The van der Waals surface area contributed by atoms with E-state index < -0.39 is 0 Å². The largest absolute Gasteiger partial charge is 0.322 e. The molecule has 0 aliphatic carbocycles. The number of benzene rings is 1. The highest BCUT2D eigenvalue weighted by Crippen LogP contribution is 2.14. The lowest BCUT2D eigenvalue weighted by molar-refractivity contribution is 0.192. The Kier molecular flexibility index (Phi) is 4.80. The Morgan fingerprint density at radius 3 is 3.00 bits per heavy atom. The monoisotopic (exact) mass is 261 g/mol. The van der Waals surface area contributed by atoms with Gasteiger partial charge in [-0.25, -0.2) is 4.79 Å². The second-order valence-corrected chi connectivity index (χ2v) is 5.14. The lowest BCUT2D eigenvalue weighted by Gasteiger charge is -2.28. The molecule has 104 valence electrons. The first kappa shape index (κ1) is 13.9. The predicted octanol–water partition coefficient (Wildman–Crippen LogP) is 2.60. The maximum atomic E-state index is 12.4. The van der Waals surface area contributed by atoms with E-state index in [0.29, 0.717) is 6.04 Å². The van der Waals surface area contributed by atoms with Crippen molar-refractivity contribution in [2.75, 3.05) is 25.0 Å². The number of carbonyl (C=O) groups is 1. The lowest BCUT2D eigenvalue weighted by atomic mass is 10.2. The molecule has 0 saturated carbocycles. The zero-order valence-corrected chi connectivity index (χ0v) is 11.8. The second-order valence-electron chi connectivity index (χ2n) is 5.14. The van der Waals surface area contributed by atoms with Gasteiger partial charge in [-0.3, -0.25) is 0 Å². The van der Waals surface area contributed by atoms with E-state index in [0.717, 1.165) is 43.7 Å². The highest BCUT2D eigenvalue weighted by Gasteiger charge is 2.25. The van der Waals surface area contributed by atoms with Crippen LogP contribution in [0.25, 0.3) is 0 Å². The number of aryl methyl sites for hydroxylation is 1. The van der Waals surface area contributed by atoms with Crippen molar-refractivity contribution in [3.63, 3.8) is 0 Å². The van der Waals surface area contributed by atoms with Crippen molar-refractivity contribution in [1.82, 2.24) is 10.2 Å². The Bertz CT molecular complexity index is 427. The number of hydrogen-bond acceptors (Lipinski definition) is 2. The summed E-state index contributed by atoms with van der Waals surface area (Å²) in [5, 5.41) is 6.32. The first-order chi connectivity index (χ1) is 9.20. The van der Waals surface area contributed by atoms with Gasteiger partial charge in [-0.2, -0.15) is 0 Å². The molecular weight excluding hydrogens is 238 g/mol. The highest BCUT2D eigenvalue weighted by atomic mass is 16.2. The van der Waals surface area contributed by atoms with Gasteiger partial charge in [0, 0.05) is 24.8 Å². The topological polar surface area (TPSA) is 44.4 Å². The molecule has 1 atom stereocenters. The Hall–Kier alpha value is -1.55. The molecule has 2 rings (SSSR count). The molecule has 1 aliphatic rings. The van der Waals surface area contributed by atoms with E-state index in [-0.39, 0.29) is 6.03 Å². The Balaban J connectivity index is 2.02. The second kappa shape index (κ2) is 6.57. The summed E-state index contributed by atoms with van der Waals surface area (Å²) in [7, 11) is 0. The molecule has 19 heavy (non-hydrogen) atoms. The van der Waals surface area contributed by atoms with E-state index in [1.54, 1.807) is 0 Å². The number of nitrogens with one attached hydrogen (secondary N) is 2. The molecule has 2 amide bonds. The Morgan fingerprint density at radius 2 is 2.37 bits per heavy atom. The molecule has 0 aromatic heterocycles. The number of carbonyl (C=O) groups excluding carboxylic acids is 1. The van der Waals surface area contributed by atoms with Gasteiger partial charge < -0.3 is 15.5 Å². The van der Waals surface area contributed by atoms with Gasteiger partial charge in [0.15, 0.2) is 0 Å². The van der Waals surface area contributed by atoms with E-state index in [9.17, 15) is 4.79 Å². The van der Waals surface area contributed by atoms with Crippen molar-refractivity contribution in [1.29, 1.82) is 0 Å². The van der Waals surface area contributed by atoms with Crippen LogP contribution in [0.1, 0.15) is 25.3 Å². The molecule has 0 radical (unpaired) electrons. The summed E-state index contributed by atoms with van der Waals surface area (Å²) >= 11 is 0. The molecule has 1 saturated heterocycles. The first-order valence-electron chi connectivity index (χ1n) is 7.05. The van der Waals surface area contributed by atoms with Crippen LogP contribution >= 0.6 is 0 Å². The fourth-order valence-corrected chi connectivity index (χ4v) is 2.51. The van der Waals surface area contributed by atoms with Crippen LogP contribution in [0.3, 0.4) is 0 Å². The normalized spacial score (nSPS) is 18.3. The summed E-state index contributed by atoms with van der Waals surface area (Å²) < 4.78 is 0. The Labute approximate surface area is 115 Å².